The van der Waals surface area contributed by atoms with Crippen LogP contribution in [0.4, 0.5) is 5.69 Å². The van der Waals surface area contributed by atoms with Crippen molar-refractivity contribution in [3.8, 4) is 0 Å². The molecule has 2 aliphatic heterocycles. The molecule has 0 spiro atoms. The molecule has 0 aromatic heterocycles. The highest BCUT2D eigenvalue weighted by Crippen LogP contribution is 2.42. The van der Waals surface area contributed by atoms with Gasteiger partial charge in [-0.05, 0) is 48.5 Å². The van der Waals surface area contributed by atoms with E-state index in [1.54, 1.807) is 48.5 Å². The number of rotatable bonds is 6. The van der Waals surface area contributed by atoms with Gasteiger partial charge < -0.3 is 10.2 Å². The number of amidine groups is 1. The molecule has 8 nitrogen and oxygen atoms in total. The zero-order valence-electron chi connectivity index (χ0n) is 15.8. The van der Waals surface area contributed by atoms with Crippen LogP contribution in [0.15, 0.2) is 62.7 Å². The van der Waals surface area contributed by atoms with E-state index < -0.39 is 19.9 Å². The number of fused-ring (bicyclic) bond motifs is 3. The molecular formula is C19H19N3O5S3. The van der Waals surface area contributed by atoms with Gasteiger partial charge in [-0.25, -0.2) is 16.8 Å². The van der Waals surface area contributed by atoms with Crippen molar-refractivity contribution in [2.75, 3.05) is 29.5 Å². The fourth-order valence-electron chi connectivity index (χ4n) is 3.18. The Hall–Kier alpha value is -2.37. The second-order valence-corrected chi connectivity index (χ2v) is 11.7. The zero-order chi connectivity index (χ0) is 21.4. The van der Waals surface area contributed by atoms with Gasteiger partial charge in [0.05, 0.1) is 22.1 Å². The minimum Gasteiger partial charge on any atom is -0.352 e. The molecule has 0 saturated heterocycles. The van der Waals surface area contributed by atoms with Crippen LogP contribution in [0.1, 0.15) is 16.8 Å². The summed E-state index contributed by atoms with van der Waals surface area (Å²) >= 11 is 1.22. The summed E-state index contributed by atoms with van der Waals surface area (Å²) in [6, 6.07) is 13.4. The Bertz CT molecular complexity index is 1230. The van der Waals surface area contributed by atoms with Gasteiger partial charge in [0.25, 0.3) is 15.9 Å². The van der Waals surface area contributed by atoms with Gasteiger partial charge in [0, 0.05) is 23.5 Å². The van der Waals surface area contributed by atoms with Crippen LogP contribution in [0, 0.1) is 0 Å². The highest BCUT2D eigenvalue weighted by Gasteiger charge is 2.33. The van der Waals surface area contributed by atoms with Crippen LogP contribution >= 0.6 is 11.8 Å². The maximum absolute atomic E-state index is 12.4. The van der Waals surface area contributed by atoms with Crippen molar-refractivity contribution < 1.29 is 21.6 Å². The van der Waals surface area contributed by atoms with Crippen LogP contribution in [0.25, 0.3) is 0 Å². The second kappa shape index (κ2) is 8.05. The van der Waals surface area contributed by atoms with Crippen LogP contribution in [0.5, 0.6) is 0 Å². The Labute approximate surface area is 179 Å². The van der Waals surface area contributed by atoms with Crippen LogP contribution in [0.3, 0.4) is 0 Å². The first-order valence-electron chi connectivity index (χ1n) is 9.23. The molecular weight excluding hydrogens is 446 g/mol. The third kappa shape index (κ3) is 4.37. The number of benzene rings is 2. The van der Waals surface area contributed by atoms with Crippen molar-refractivity contribution in [2.45, 2.75) is 16.2 Å². The van der Waals surface area contributed by atoms with E-state index in [2.05, 4.69) is 9.71 Å². The van der Waals surface area contributed by atoms with Gasteiger partial charge in [0.1, 0.15) is 0 Å². The van der Waals surface area contributed by atoms with Gasteiger partial charge in [0.15, 0.2) is 15.0 Å². The first-order valence-corrected chi connectivity index (χ1v) is 13.3. The molecule has 1 N–H and O–H groups in total. The quantitative estimate of drug-likeness (QED) is 0.648. The number of nitrogens with zero attached hydrogens (tertiary/aromatic N) is 2. The molecule has 0 bridgehead atoms. The van der Waals surface area contributed by atoms with E-state index >= 15 is 0 Å². The summed E-state index contributed by atoms with van der Waals surface area (Å²) in [4.78, 5) is 15.3. The fourth-order valence-corrected chi connectivity index (χ4v) is 6.81. The third-order valence-corrected chi connectivity index (χ3v) is 8.84. The standard InChI is InChI=1S/C19H19N3O5S3/c23-18(20-9-4-11-29(24,25)15-5-2-1-3-6-15)14-7-8-16-17(13-14)28-19-21-30(26,27)12-10-22(16)19/h1-3,5-8,13H,4,9-12H2,(H,20,23). The van der Waals surface area contributed by atoms with Gasteiger partial charge in [0.2, 0.25) is 0 Å². The second-order valence-electron chi connectivity index (χ2n) is 6.84. The van der Waals surface area contributed by atoms with Gasteiger partial charge in [-0.15, -0.1) is 4.40 Å². The van der Waals surface area contributed by atoms with Crippen molar-refractivity contribution in [1.29, 1.82) is 0 Å². The molecule has 2 aromatic carbocycles. The SMILES string of the molecule is O=C(NCCCS(=O)(=O)c1ccccc1)c1ccc2c(c1)SC1=NS(=O)(=O)CCN12. The Morgan fingerprint density at radius 2 is 1.93 bits per heavy atom. The summed E-state index contributed by atoms with van der Waals surface area (Å²) in [7, 11) is -6.81. The van der Waals surface area contributed by atoms with Crippen molar-refractivity contribution in [3.63, 3.8) is 0 Å². The van der Waals surface area contributed by atoms with Gasteiger partial charge >= 0.3 is 0 Å². The lowest BCUT2D eigenvalue weighted by Gasteiger charge is -2.22. The van der Waals surface area contributed by atoms with Gasteiger partial charge in [-0.3, -0.25) is 4.79 Å². The minimum absolute atomic E-state index is 0.0371. The number of nitrogens with one attached hydrogen (secondary N) is 1. The van der Waals surface area contributed by atoms with E-state index in [4.69, 9.17) is 0 Å². The highest BCUT2D eigenvalue weighted by atomic mass is 32.2. The number of sulfonamides is 1. The molecule has 2 heterocycles. The highest BCUT2D eigenvalue weighted by molar-refractivity contribution is 8.15. The van der Waals surface area contributed by atoms with Crippen LogP contribution in [-0.2, 0) is 19.9 Å². The van der Waals surface area contributed by atoms with Crippen LogP contribution in [-0.4, -0.2) is 52.5 Å². The average Bonchev–Trinajstić information content (AvgIpc) is 3.07. The number of carbonyl (C=O) groups excluding carboxylic acids is 1. The van der Waals surface area contributed by atoms with Crippen LogP contribution in [0.2, 0.25) is 0 Å². The first kappa shape index (κ1) is 20.9. The topological polar surface area (TPSA) is 113 Å². The monoisotopic (exact) mass is 465 g/mol. The molecule has 2 aromatic rings. The lowest BCUT2D eigenvalue weighted by molar-refractivity contribution is 0.0953. The number of amides is 1. The lowest BCUT2D eigenvalue weighted by Crippen LogP contribution is -2.35. The van der Waals surface area contributed by atoms with Crippen molar-refractivity contribution in [1.82, 2.24) is 5.32 Å². The molecule has 0 atom stereocenters. The summed E-state index contributed by atoms with van der Waals surface area (Å²) in [5.74, 6) is -0.402. The Morgan fingerprint density at radius 1 is 1.17 bits per heavy atom. The molecule has 11 heteroatoms. The van der Waals surface area contributed by atoms with Gasteiger partial charge in [-0.2, -0.15) is 0 Å². The fraction of sp³-hybridized carbons (Fsp3) is 0.263. The maximum Gasteiger partial charge on any atom is 0.257 e. The first-order chi connectivity index (χ1) is 14.3. The predicted molar refractivity (Wildman–Crippen MR) is 116 cm³/mol. The minimum atomic E-state index is -3.43. The molecule has 4 rings (SSSR count). The van der Waals surface area contributed by atoms with E-state index in [1.165, 1.54) is 11.8 Å². The van der Waals surface area contributed by atoms with E-state index in [0.717, 1.165) is 10.6 Å². The Balaban J connectivity index is 1.36. The molecule has 0 radical (unpaired) electrons. The molecule has 2 aliphatic rings. The summed E-state index contributed by atoms with van der Waals surface area (Å²) < 4.78 is 51.7. The van der Waals surface area contributed by atoms with E-state index in [0.29, 0.717) is 23.7 Å². The molecule has 0 aliphatic carbocycles. The normalized spacial score (nSPS) is 17.1. The maximum atomic E-state index is 12.4. The number of carbonyl (C=O) groups is 1. The van der Waals surface area contributed by atoms with E-state index in [1.807, 2.05) is 4.90 Å². The average molecular weight is 466 g/mol. The predicted octanol–water partition coefficient (Wildman–Crippen LogP) is 1.89. The summed E-state index contributed by atoms with van der Waals surface area (Å²) in [5.41, 5.74) is 1.26. The molecule has 1 amide bonds. The number of hydrogen-bond acceptors (Lipinski definition) is 7. The Morgan fingerprint density at radius 3 is 2.70 bits per heavy atom. The van der Waals surface area contributed by atoms with Crippen molar-refractivity contribution in [2.24, 2.45) is 4.40 Å². The third-order valence-electron chi connectivity index (χ3n) is 4.71. The largest absolute Gasteiger partial charge is 0.352 e. The summed E-state index contributed by atoms with van der Waals surface area (Å²) in [5, 5.41) is 3.14. The van der Waals surface area contributed by atoms with Crippen molar-refractivity contribution >= 4 is 48.4 Å². The smallest absolute Gasteiger partial charge is 0.257 e. The number of sulfone groups is 1. The zero-order valence-corrected chi connectivity index (χ0v) is 18.3. The van der Waals surface area contributed by atoms with E-state index in [-0.39, 0.29) is 28.9 Å². The molecule has 158 valence electrons. The molecule has 30 heavy (non-hydrogen) atoms. The molecule has 0 saturated carbocycles. The number of thioether (sulfide) groups is 1. The Kier molecular flexibility index (Phi) is 5.60. The summed E-state index contributed by atoms with van der Waals surface area (Å²) in [6.07, 6.45) is 0.297. The molecule has 0 fully saturated rings. The number of hydrogen-bond donors (Lipinski definition) is 1. The van der Waals surface area contributed by atoms with Crippen LogP contribution < -0.4 is 10.2 Å². The lowest BCUT2D eigenvalue weighted by atomic mass is 10.2. The number of anilines is 1. The van der Waals surface area contributed by atoms with Crippen molar-refractivity contribution in [3.05, 3.63) is 54.1 Å². The molecule has 0 unspecified atom stereocenters. The van der Waals surface area contributed by atoms with E-state index in [9.17, 15) is 21.6 Å². The summed E-state index contributed by atoms with van der Waals surface area (Å²) in [6.45, 7) is 0.564. The van der Waals surface area contributed by atoms with Gasteiger partial charge in [-0.1, -0.05) is 18.2 Å².